The zero-order valence-corrected chi connectivity index (χ0v) is 29.7. The summed E-state index contributed by atoms with van der Waals surface area (Å²) in [6.45, 7) is 12.3. The van der Waals surface area contributed by atoms with Crippen molar-refractivity contribution in [3.63, 3.8) is 0 Å². The van der Waals surface area contributed by atoms with Gasteiger partial charge in [-0.25, -0.2) is 0 Å². The quantitative estimate of drug-likeness (QED) is 0.267. The number of anilines is 1. The summed E-state index contributed by atoms with van der Waals surface area (Å²) < 4.78 is 8.41. The van der Waals surface area contributed by atoms with Crippen LogP contribution in [0.25, 0.3) is 10.9 Å². The first-order chi connectivity index (χ1) is 22.6. The summed E-state index contributed by atoms with van der Waals surface area (Å²) >= 11 is 13.5. The van der Waals surface area contributed by atoms with Gasteiger partial charge >= 0.3 is 0 Å². The summed E-state index contributed by atoms with van der Waals surface area (Å²) in [7, 11) is 1.91. The molecule has 1 aliphatic carbocycles. The highest BCUT2D eigenvalue weighted by Crippen LogP contribution is 2.33. The van der Waals surface area contributed by atoms with Gasteiger partial charge in [0.25, 0.3) is 5.91 Å². The minimum absolute atomic E-state index is 0.0310. The van der Waals surface area contributed by atoms with Crippen LogP contribution in [0.4, 0.5) is 5.69 Å². The second kappa shape index (κ2) is 14.9. The maximum Gasteiger partial charge on any atom is 0.257 e. The second-order valence-electron chi connectivity index (χ2n) is 14.2. The molecule has 1 N–H and O–H groups in total. The van der Waals surface area contributed by atoms with Crippen molar-refractivity contribution in [1.29, 1.82) is 0 Å². The van der Waals surface area contributed by atoms with Gasteiger partial charge in [-0.3, -0.25) is 19.4 Å². The second-order valence-corrected chi connectivity index (χ2v) is 15.0. The standard InChI is InChI=1S/C37H49Cl2N5O3/c1-24(2)42-13-15-43(16-14-42)27-19-28(23-47-29-11-9-25(3)10-12-29)44(21-27)36(45)18-26-17-33(39)34(20-32(26)38)40-37(46)31-22-41(4)35-8-6-5-7-30(31)35/h5-8,17,20,22,24-25,27-29H,9-16,18-19,21,23H2,1-4H3,(H,40,46)/t25-,27-,28-,29-/m0/s1. The molecule has 0 unspecified atom stereocenters. The van der Waals surface area contributed by atoms with E-state index in [9.17, 15) is 9.59 Å². The average molecular weight is 683 g/mol. The Kier molecular flexibility index (Phi) is 10.8. The molecular formula is C37H49Cl2N5O3. The summed E-state index contributed by atoms with van der Waals surface area (Å²) in [6, 6.07) is 12.0. The van der Waals surface area contributed by atoms with E-state index in [-0.39, 0.29) is 30.4 Å². The van der Waals surface area contributed by atoms with Crippen LogP contribution in [0, 0.1) is 5.92 Å². The van der Waals surface area contributed by atoms with E-state index < -0.39 is 0 Å². The number of fused-ring (bicyclic) bond motifs is 1. The topological polar surface area (TPSA) is 70.1 Å². The number of likely N-dealkylation sites (tertiary alicyclic amines) is 1. The van der Waals surface area contributed by atoms with Crippen molar-refractivity contribution in [2.75, 3.05) is 44.6 Å². The summed E-state index contributed by atoms with van der Waals surface area (Å²) in [5.74, 6) is 0.531. The minimum Gasteiger partial charge on any atom is -0.376 e. The number of ether oxygens (including phenoxy) is 1. The van der Waals surface area contributed by atoms with Gasteiger partial charge in [0.1, 0.15) is 0 Å². The molecule has 1 saturated carbocycles. The Hall–Kier alpha value is -2.62. The molecule has 2 atom stereocenters. The number of carbonyl (C=O) groups excluding carboxylic acids is 2. The first-order valence-electron chi connectivity index (χ1n) is 17.3. The maximum absolute atomic E-state index is 14.0. The maximum atomic E-state index is 14.0. The molecule has 2 aromatic carbocycles. The third-order valence-corrected chi connectivity index (χ3v) is 11.3. The van der Waals surface area contributed by atoms with Crippen LogP contribution in [-0.4, -0.2) is 94.6 Å². The van der Waals surface area contributed by atoms with Crippen LogP contribution in [0.3, 0.4) is 0 Å². The van der Waals surface area contributed by atoms with E-state index in [0.717, 1.165) is 62.3 Å². The van der Waals surface area contributed by atoms with Gasteiger partial charge in [-0.15, -0.1) is 0 Å². The zero-order valence-electron chi connectivity index (χ0n) is 28.2. The largest absolute Gasteiger partial charge is 0.376 e. The zero-order chi connectivity index (χ0) is 33.2. The third-order valence-electron chi connectivity index (χ3n) is 10.7. The lowest BCUT2D eigenvalue weighted by molar-refractivity contribution is -0.133. The van der Waals surface area contributed by atoms with Crippen LogP contribution in [0.15, 0.2) is 42.6 Å². The molecule has 3 aliphatic rings. The SMILES string of the molecule is CC(C)N1CCN([C@H]2C[C@@H](CO[C@H]3CC[C@H](C)CC3)N(C(=O)Cc3cc(Cl)c(NC(=O)c4cn(C)c5ccccc45)cc3Cl)C2)CC1. The number of para-hydroxylation sites is 1. The Morgan fingerprint density at radius 2 is 1.72 bits per heavy atom. The van der Waals surface area contributed by atoms with Gasteiger partial charge in [-0.05, 0) is 75.6 Å². The smallest absolute Gasteiger partial charge is 0.257 e. The number of halogens is 2. The molecule has 3 heterocycles. The lowest BCUT2D eigenvalue weighted by Gasteiger charge is -2.39. The van der Waals surface area contributed by atoms with Gasteiger partial charge in [0.15, 0.2) is 0 Å². The number of carbonyl (C=O) groups is 2. The van der Waals surface area contributed by atoms with Crippen LogP contribution < -0.4 is 5.32 Å². The highest BCUT2D eigenvalue weighted by molar-refractivity contribution is 6.36. The Labute approximate surface area is 289 Å². The number of amides is 2. The molecule has 8 nitrogen and oxygen atoms in total. The van der Waals surface area contributed by atoms with Crippen LogP contribution >= 0.6 is 23.2 Å². The van der Waals surface area contributed by atoms with Gasteiger partial charge in [0, 0.05) is 74.0 Å². The summed E-state index contributed by atoms with van der Waals surface area (Å²) in [5.41, 5.74) is 2.59. The minimum atomic E-state index is -0.267. The molecule has 10 heteroatoms. The van der Waals surface area contributed by atoms with E-state index >= 15 is 0 Å². The Bertz CT molecular complexity index is 1580. The molecule has 6 rings (SSSR count). The number of rotatable bonds is 9. The number of aryl methyl sites for hydroxylation is 1. The Morgan fingerprint density at radius 3 is 2.45 bits per heavy atom. The van der Waals surface area contributed by atoms with E-state index in [0.29, 0.717) is 52.1 Å². The van der Waals surface area contributed by atoms with Gasteiger partial charge in [-0.1, -0.05) is 48.3 Å². The highest BCUT2D eigenvalue weighted by Gasteiger charge is 2.39. The molecular weight excluding hydrogens is 633 g/mol. The molecule has 3 fully saturated rings. The lowest BCUT2D eigenvalue weighted by Crippen LogP contribution is -2.52. The number of nitrogens with zero attached hydrogens (tertiary/aromatic N) is 4. The number of hydrogen-bond acceptors (Lipinski definition) is 5. The number of piperazine rings is 1. The van der Waals surface area contributed by atoms with Crippen molar-refractivity contribution in [2.24, 2.45) is 13.0 Å². The predicted octanol–water partition coefficient (Wildman–Crippen LogP) is 6.87. The van der Waals surface area contributed by atoms with E-state index in [2.05, 4.69) is 35.9 Å². The highest BCUT2D eigenvalue weighted by atomic mass is 35.5. The van der Waals surface area contributed by atoms with E-state index in [1.54, 1.807) is 12.1 Å². The number of nitrogens with one attached hydrogen (secondary N) is 1. The van der Waals surface area contributed by atoms with Crippen molar-refractivity contribution in [2.45, 2.75) is 83.5 Å². The first-order valence-corrected chi connectivity index (χ1v) is 18.1. The van der Waals surface area contributed by atoms with Crippen molar-refractivity contribution in [3.8, 4) is 0 Å². The number of benzene rings is 2. The molecule has 0 radical (unpaired) electrons. The van der Waals surface area contributed by atoms with Crippen molar-refractivity contribution < 1.29 is 14.3 Å². The van der Waals surface area contributed by atoms with Gasteiger partial charge in [-0.2, -0.15) is 0 Å². The van der Waals surface area contributed by atoms with Crippen molar-refractivity contribution in [3.05, 3.63) is 63.8 Å². The van der Waals surface area contributed by atoms with Gasteiger partial charge in [0.05, 0.1) is 41.4 Å². The van der Waals surface area contributed by atoms with Crippen molar-refractivity contribution in [1.82, 2.24) is 19.3 Å². The Balaban J connectivity index is 1.13. The van der Waals surface area contributed by atoms with E-state index in [1.165, 1.54) is 12.8 Å². The fraction of sp³-hybridized carbons (Fsp3) is 0.568. The van der Waals surface area contributed by atoms with Crippen LogP contribution in [-0.2, 0) is 23.0 Å². The molecule has 0 spiro atoms. The first kappa shape index (κ1) is 34.3. The fourth-order valence-electron chi connectivity index (χ4n) is 7.68. The predicted molar refractivity (Wildman–Crippen MR) is 191 cm³/mol. The molecule has 2 saturated heterocycles. The Morgan fingerprint density at radius 1 is 1.00 bits per heavy atom. The fourth-order valence-corrected chi connectivity index (χ4v) is 8.14. The van der Waals surface area contributed by atoms with Gasteiger partial charge < -0.3 is 19.5 Å². The van der Waals surface area contributed by atoms with Crippen molar-refractivity contribution >= 4 is 51.6 Å². The van der Waals surface area contributed by atoms with Crippen LogP contribution in [0.1, 0.15) is 68.8 Å². The number of aromatic nitrogens is 1. The molecule has 1 aromatic heterocycles. The average Bonchev–Trinajstić information content (AvgIpc) is 3.65. The molecule has 47 heavy (non-hydrogen) atoms. The molecule has 2 aliphatic heterocycles. The normalized spacial score (nSPS) is 24.4. The van der Waals surface area contributed by atoms with E-state index in [4.69, 9.17) is 27.9 Å². The number of hydrogen-bond donors (Lipinski definition) is 1. The lowest BCUT2D eigenvalue weighted by atomic mass is 9.89. The molecule has 254 valence electrons. The summed E-state index contributed by atoms with van der Waals surface area (Å²) in [6.07, 6.45) is 7.76. The van der Waals surface area contributed by atoms with Crippen LogP contribution in [0.2, 0.25) is 10.0 Å². The molecule has 0 bridgehead atoms. The molecule has 2 amide bonds. The third kappa shape index (κ3) is 7.83. The van der Waals surface area contributed by atoms with Crippen LogP contribution in [0.5, 0.6) is 0 Å². The summed E-state index contributed by atoms with van der Waals surface area (Å²) in [5, 5.41) is 4.54. The molecule has 3 aromatic rings. The van der Waals surface area contributed by atoms with Gasteiger partial charge in [0.2, 0.25) is 5.91 Å². The van der Waals surface area contributed by atoms with E-state index in [1.807, 2.05) is 47.0 Å². The monoisotopic (exact) mass is 681 g/mol. The summed E-state index contributed by atoms with van der Waals surface area (Å²) in [4.78, 5) is 34.4.